The highest BCUT2D eigenvalue weighted by Crippen LogP contribution is 2.17. The topological polar surface area (TPSA) is 38.8 Å². The summed E-state index contributed by atoms with van der Waals surface area (Å²) in [6.07, 6.45) is 0. The zero-order valence-electron chi connectivity index (χ0n) is 13.7. The van der Waals surface area contributed by atoms with Gasteiger partial charge in [0.15, 0.2) is 6.61 Å². The number of carbonyl (C=O) groups is 1. The van der Waals surface area contributed by atoms with E-state index in [1.165, 1.54) is 0 Å². The number of hydrogen-bond donors (Lipinski definition) is 0. The second-order valence-electron chi connectivity index (χ2n) is 5.09. The van der Waals surface area contributed by atoms with Gasteiger partial charge in [-0.1, -0.05) is 30.3 Å². The molecule has 2 rings (SSSR count). The predicted octanol–water partition coefficient (Wildman–Crippen LogP) is 3.51. The minimum absolute atomic E-state index is 0.0229. The first-order valence-electron chi connectivity index (χ1n) is 7.90. The number of rotatable bonds is 8. The van der Waals surface area contributed by atoms with E-state index in [0.29, 0.717) is 25.4 Å². The van der Waals surface area contributed by atoms with Crippen molar-refractivity contribution in [1.82, 2.24) is 4.90 Å². The molecule has 0 fully saturated rings. The maximum atomic E-state index is 12.3. The standard InChI is InChI=1S/C19H23NO3/c1-3-20(14-16-8-6-5-7-9-16)19(21)15-23-18-12-10-17(11-13-18)22-4-2/h5-13H,3-4,14-15H2,1-2H3. The van der Waals surface area contributed by atoms with Crippen molar-refractivity contribution < 1.29 is 14.3 Å². The number of likely N-dealkylation sites (N-methyl/N-ethyl adjacent to an activating group) is 1. The second kappa shape index (κ2) is 8.83. The van der Waals surface area contributed by atoms with Crippen LogP contribution in [0.4, 0.5) is 0 Å². The lowest BCUT2D eigenvalue weighted by molar-refractivity contribution is -0.133. The van der Waals surface area contributed by atoms with Gasteiger partial charge in [-0.2, -0.15) is 0 Å². The van der Waals surface area contributed by atoms with Gasteiger partial charge in [-0.05, 0) is 43.7 Å². The van der Waals surface area contributed by atoms with Gasteiger partial charge in [0.25, 0.3) is 5.91 Å². The molecule has 4 heteroatoms. The summed E-state index contributed by atoms with van der Waals surface area (Å²) in [5.41, 5.74) is 1.11. The Bertz CT molecular complexity index is 596. The lowest BCUT2D eigenvalue weighted by atomic mass is 10.2. The molecule has 0 heterocycles. The van der Waals surface area contributed by atoms with E-state index < -0.39 is 0 Å². The van der Waals surface area contributed by atoms with Gasteiger partial charge in [-0.15, -0.1) is 0 Å². The third-order valence-electron chi connectivity index (χ3n) is 3.45. The summed E-state index contributed by atoms with van der Waals surface area (Å²) in [6.45, 7) is 5.83. The quantitative estimate of drug-likeness (QED) is 0.748. The SMILES string of the molecule is CCOc1ccc(OCC(=O)N(CC)Cc2ccccc2)cc1. The van der Waals surface area contributed by atoms with Gasteiger partial charge in [-0.25, -0.2) is 0 Å². The largest absolute Gasteiger partial charge is 0.494 e. The predicted molar refractivity (Wildman–Crippen MR) is 90.6 cm³/mol. The van der Waals surface area contributed by atoms with Gasteiger partial charge < -0.3 is 14.4 Å². The number of nitrogens with zero attached hydrogens (tertiary/aromatic N) is 1. The van der Waals surface area contributed by atoms with Crippen LogP contribution in [0.15, 0.2) is 54.6 Å². The minimum atomic E-state index is -0.0229. The molecule has 0 N–H and O–H groups in total. The van der Waals surface area contributed by atoms with Crippen LogP contribution in [0.2, 0.25) is 0 Å². The number of hydrogen-bond acceptors (Lipinski definition) is 3. The number of benzene rings is 2. The third-order valence-corrected chi connectivity index (χ3v) is 3.45. The molecule has 0 aliphatic heterocycles. The maximum absolute atomic E-state index is 12.3. The monoisotopic (exact) mass is 313 g/mol. The molecular weight excluding hydrogens is 290 g/mol. The fraction of sp³-hybridized carbons (Fsp3) is 0.316. The molecule has 0 radical (unpaired) electrons. The van der Waals surface area contributed by atoms with Crippen molar-refractivity contribution in [3.8, 4) is 11.5 Å². The molecule has 0 spiro atoms. The molecule has 0 aliphatic rings. The van der Waals surface area contributed by atoms with Crippen LogP contribution in [0.3, 0.4) is 0 Å². The van der Waals surface area contributed by atoms with Crippen LogP contribution in [0, 0.1) is 0 Å². The van der Waals surface area contributed by atoms with E-state index in [-0.39, 0.29) is 12.5 Å². The normalized spacial score (nSPS) is 10.2. The van der Waals surface area contributed by atoms with E-state index in [2.05, 4.69) is 0 Å². The van der Waals surface area contributed by atoms with Crippen molar-refractivity contribution in [2.45, 2.75) is 20.4 Å². The molecule has 0 aromatic heterocycles. The highest BCUT2D eigenvalue weighted by atomic mass is 16.5. The Labute approximate surface area is 137 Å². The van der Waals surface area contributed by atoms with Crippen LogP contribution in [0.25, 0.3) is 0 Å². The summed E-state index contributed by atoms with van der Waals surface area (Å²) in [7, 11) is 0. The number of ether oxygens (including phenoxy) is 2. The molecule has 0 saturated carbocycles. The third kappa shape index (κ3) is 5.33. The summed E-state index contributed by atoms with van der Waals surface area (Å²) >= 11 is 0. The summed E-state index contributed by atoms with van der Waals surface area (Å²) < 4.78 is 11.0. The Hall–Kier alpha value is -2.49. The van der Waals surface area contributed by atoms with Crippen LogP contribution >= 0.6 is 0 Å². The molecule has 1 amide bonds. The van der Waals surface area contributed by atoms with E-state index in [1.54, 1.807) is 4.90 Å². The van der Waals surface area contributed by atoms with Crippen molar-refractivity contribution in [3.63, 3.8) is 0 Å². The summed E-state index contributed by atoms with van der Waals surface area (Å²) in [4.78, 5) is 14.1. The molecule has 23 heavy (non-hydrogen) atoms. The van der Waals surface area contributed by atoms with Crippen molar-refractivity contribution in [2.24, 2.45) is 0 Å². The Balaban J connectivity index is 1.87. The first-order chi connectivity index (χ1) is 11.2. The molecule has 4 nitrogen and oxygen atoms in total. The lowest BCUT2D eigenvalue weighted by Gasteiger charge is -2.21. The first-order valence-corrected chi connectivity index (χ1v) is 7.90. The van der Waals surface area contributed by atoms with Crippen LogP contribution in [0.5, 0.6) is 11.5 Å². The van der Waals surface area contributed by atoms with E-state index in [1.807, 2.05) is 68.4 Å². The zero-order chi connectivity index (χ0) is 16.5. The number of amides is 1. The molecule has 0 unspecified atom stereocenters. The minimum Gasteiger partial charge on any atom is -0.494 e. The van der Waals surface area contributed by atoms with Gasteiger partial charge in [0.05, 0.1) is 6.61 Å². The number of carbonyl (C=O) groups excluding carboxylic acids is 1. The lowest BCUT2D eigenvalue weighted by Crippen LogP contribution is -2.34. The maximum Gasteiger partial charge on any atom is 0.260 e. The second-order valence-corrected chi connectivity index (χ2v) is 5.09. The van der Waals surface area contributed by atoms with Crippen LogP contribution in [0.1, 0.15) is 19.4 Å². The van der Waals surface area contributed by atoms with Crippen LogP contribution in [-0.4, -0.2) is 30.6 Å². The van der Waals surface area contributed by atoms with E-state index in [4.69, 9.17) is 9.47 Å². The van der Waals surface area contributed by atoms with Crippen LogP contribution in [-0.2, 0) is 11.3 Å². The van der Waals surface area contributed by atoms with Gasteiger partial charge in [0.1, 0.15) is 11.5 Å². The van der Waals surface area contributed by atoms with Gasteiger partial charge in [-0.3, -0.25) is 4.79 Å². The fourth-order valence-electron chi connectivity index (χ4n) is 2.22. The molecule has 0 saturated heterocycles. The molecule has 0 aliphatic carbocycles. The molecular formula is C19H23NO3. The Morgan fingerprint density at radius 1 is 0.913 bits per heavy atom. The van der Waals surface area contributed by atoms with Crippen molar-refractivity contribution in [1.29, 1.82) is 0 Å². The Morgan fingerprint density at radius 3 is 2.09 bits per heavy atom. The smallest absolute Gasteiger partial charge is 0.260 e. The van der Waals surface area contributed by atoms with Crippen LogP contribution < -0.4 is 9.47 Å². The van der Waals surface area contributed by atoms with Gasteiger partial charge >= 0.3 is 0 Å². The van der Waals surface area contributed by atoms with E-state index in [9.17, 15) is 4.79 Å². The molecule has 0 bridgehead atoms. The van der Waals surface area contributed by atoms with Gasteiger partial charge in [0.2, 0.25) is 0 Å². The highest BCUT2D eigenvalue weighted by molar-refractivity contribution is 5.77. The Kier molecular flexibility index (Phi) is 6.48. The highest BCUT2D eigenvalue weighted by Gasteiger charge is 2.12. The zero-order valence-corrected chi connectivity index (χ0v) is 13.7. The Morgan fingerprint density at radius 2 is 1.52 bits per heavy atom. The first kappa shape index (κ1) is 16.9. The molecule has 2 aromatic carbocycles. The van der Waals surface area contributed by atoms with E-state index in [0.717, 1.165) is 11.3 Å². The van der Waals surface area contributed by atoms with E-state index >= 15 is 0 Å². The summed E-state index contributed by atoms with van der Waals surface area (Å²) in [5.74, 6) is 1.44. The average Bonchev–Trinajstić information content (AvgIpc) is 2.60. The van der Waals surface area contributed by atoms with Crippen molar-refractivity contribution >= 4 is 5.91 Å². The van der Waals surface area contributed by atoms with Gasteiger partial charge in [0, 0.05) is 13.1 Å². The molecule has 0 atom stereocenters. The summed E-state index contributed by atoms with van der Waals surface area (Å²) in [5, 5.41) is 0. The van der Waals surface area contributed by atoms with Crippen molar-refractivity contribution in [2.75, 3.05) is 19.8 Å². The fourth-order valence-corrected chi connectivity index (χ4v) is 2.22. The average molecular weight is 313 g/mol. The molecule has 2 aromatic rings. The van der Waals surface area contributed by atoms with Crippen molar-refractivity contribution in [3.05, 3.63) is 60.2 Å². The molecule has 122 valence electrons. The summed E-state index contributed by atoms with van der Waals surface area (Å²) in [6, 6.07) is 17.3.